The third-order valence-corrected chi connectivity index (χ3v) is 19.7. The molecule has 17 atom stereocenters. The standard InChI is InChI=1S/C48H74N13O13P/c1-25(30-7-8-31-42-32(18-38(64)48(30,31)5)47(4)11-10-29(62)16-28(47)17-35(42)63)6-9-39(65)52-14-12-51-13-15-53-75(70,71-23-36-33(56-58-49)19-40(73-36)60-21-26(2)43(66)54-45(60)68)72-24-37-34(57-59-50)20-41(74-37)61-22-27(3)44(67)55-46(61)69/h21-22,25,28-38,40-42,51,62-64H,6-20,23-24H2,1-5H3,(H,52,65)(H,53,70)(H,54,66,68)(H,55,67,69)/t25?,28-,29+,30+,31-,32-,33?,34?,35+,36+,37+,38-,40+,41+,42-,47-,48+,75?/m0/s1. The van der Waals surface area contributed by atoms with Crippen molar-refractivity contribution in [1.82, 2.24) is 34.8 Å². The van der Waals surface area contributed by atoms with Crippen molar-refractivity contribution in [3.63, 3.8) is 0 Å². The van der Waals surface area contributed by atoms with E-state index in [-0.39, 0.29) is 95.4 Å². The van der Waals surface area contributed by atoms with Crippen molar-refractivity contribution < 1.29 is 43.2 Å². The molecule has 2 aliphatic heterocycles. The molecule has 2 aromatic rings. The van der Waals surface area contributed by atoms with Gasteiger partial charge in [-0.2, -0.15) is 0 Å². The first-order valence-corrected chi connectivity index (χ1v) is 27.9. The average Bonchev–Trinajstić information content (AvgIpc) is 4.12. The van der Waals surface area contributed by atoms with Gasteiger partial charge in [-0.25, -0.2) is 19.2 Å². The van der Waals surface area contributed by atoms with Crippen LogP contribution in [0.2, 0.25) is 0 Å². The van der Waals surface area contributed by atoms with Gasteiger partial charge < -0.3 is 35.4 Å². The summed E-state index contributed by atoms with van der Waals surface area (Å²) in [5.74, 6) is 1.04. The second-order valence-corrected chi connectivity index (χ2v) is 24.2. The van der Waals surface area contributed by atoms with Gasteiger partial charge in [-0.1, -0.05) is 31.0 Å². The highest BCUT2D eigenvalue weighted by Gasteiger charge is 2.65. The van der Waals surface area contributed by atoms with Crippen LogP contribution in [0.25, 0.3) is 20.9 Å². The Labute approximate surface area is 432 Å². The normalized spacial score (nSPS) is 36.3. The van der Waals surface area contributed by atoms with Crippen LogP contribution in [0.15, 0.2) is 41.8 Å². The van der Waals surface area contributed by atoms with E-state index < -0.39 is 92.4 Å². The van der Waals surface area contributed by atoms with Crippen LogP contribution in [-0.2, 0) is 27.9 Å². The predicted octanol–water partition coefficient (Wildman–Crippen LogP) is 3.45. The second-order valence-electron chi connectivity index (χ2n) is 22.4. The molecule has 414 valence electrons. The lowest BCUT2D eigenvalue weighted by atomic mass is 9.43. The molecule has 0 spiro atoms. The highest BCUT2D eigenvalue weighted by molar-refractivity contribution is 7.51. The third-order valence-electron chi connectivity index (χ3n) is 18.1. The molecule has 4 aliphatic carbocycles. The molecule has 4 heterocycles. The SMILES string of the molecule is Cc1cn([C@H]2CC(N=[N+]=[N-])[C@@H](COP(=O)(NCCNCCNC(=O)CCC(C)[C@H]3CC[C@H]4[C@@H]5[C@H](O)C[C@@H]6C[C@H](O)CC[C@]6(C)[C@H]5C[C@H](O)[C@]34C)OC[C@H]3O[C@@H](n4cc(C)c(=O)[nH]c4=O)CC3N=[N+]=[N-])O2)c(=O)[nH]c1=O. The number of carbonyl (C=O) groups is 1. The van der Waals surface area contributed by atoms with E-state index in [0.717, 1.165) is 34.8 Å². The minimum Gasteiger partial charge on any atom is -0.393 e. The minimum atomic E-state index is -4.34. The van der Waals surface area contributed by atoms with Gasteiger partial charge in [-0.15, -0.1) is 0 Å². The number of aliphatic hydroxyl groups is 3. The molecule has 0 bridgehead atoms. The van der Waals surface area contributed by atoms with Crippen LogP contribution in [0.3, 0.4) is 0 Å². The number of aromatic nitrogens is 4. The van der Waals surface area contributed by atoms with Crippen LogP contribution in [0.4, 0.5) is 0 Å². The lowest BCUT2D eigenvalue weighted by molar-refractivity contribution is -0.207. The van der Waals surface area contributed by atoms with Gasteiger partial charge >= 0.3 is 19.1 Å². The van der Waals surface area contributed by atoms with Crippen molar-refractivity contribution in [2.24, 2.45) is 56.6 Å². The van der Waals surface area contributed by atoms with E-state index in [4.69, 9.17) is 18.5 Å². The molecule has 8 N–H and O–H groups in total. The zero-order valence-electron chi connectivity index (χ0n) is 43.3. The molecule has 0 radical (unpaired) electrons. The Morgan fingerprint density at radius 1 is 0.840 bits per heavy atom. The van der Waals surface area contributed by atoms with Crippen LogP contribution in [0.1, 0.15) is 115 Å². The molecule has 26 nitrogen and oxygen atoms in total. The summed E-state index contributed by atoms with van der Waals surface area (Å²) in [4.78, 5) is 72.9. The Morgan fingerprint density at radius 2 is 1.41 bits per heavy atom. The molecule has 75 heavy (non-hydrogen) atoms. The molecule has 2 saturated heterocycles. The first-order valence-electron chi connectivity index (χ1n) is 26.4. The Balaban J connectivity index is 0.836. The quantitative estimate of drug-likeness (QED) is 0.0292. The Morgan fingerprint density at radius 3 is 1.99 bits per heavy atom. The Hall–Kier alpha value is -4.68. The summed E-state index contributed by atoms with van der Waals surface area (Å²) >= 11 is 0. The van der Waals surface area contributed by atoms with E-state index in [1.807, 2.05) is 0 Å². The number of aromatic amines is 2. The highest BCUT2D eigenvalue weighted by atomic mass is 31.2. The van der Waals surface area contributed by atoms with Crippen LogP contribution in [0, 0.1) is 60.2 Å². The summed E-state index contributed by atoms with van der Waals surface area (Å²) in [6.45, 7) is 9.70. The van der Waals surface area contributed by atoms with Crippen molar-refractivity contribution in [2.75, 3.05) is 39.4 Å². The predicted molar refractivity (Wildman–Crippen MR) is 271 cm³/mol. The largest absolute Gasteiger partial charge is 0.405 e. The Bertz CT molecular complexity index is 2660. The molecule has 0 aromatic carbocycles. The van der Waals surface area contributed by atoms with Crippen LogP contribution in [0.5, 0.6) is 0 Å². The first-order chi connectivity index (χ1) is 35.7. The molecule has 27 heteroatoms. The average molecular weight is 1070 g/mol. The minimum absolute atomic E-state index is 0.00499. The fourth-order valence-corrected chi connectivity index (χ4v) is 15.3. The molecule has 6 fully saturated rings. The molecule has 8 rings (SSSR count). The summed E-state index contributed by atoms with van der Waals surface area (Å²) in [5.41, 5.74) is 16.2. The van der Waals surface area contributed by atoms with Gasteiger partial charge in [0, 0.05) is 78.8 Å². The zero-order valence-corrected chi connectivity index (χ0v) is 44.2. The van der Waals surface area contributed by atoms with Gasteiger partial charge in [0.05, 0.1) is 55.8 Å². The van der Waals surface area contributed by atoms with Crippen LogP contribution in [-0.4, -0.2) is 122 Å². The fourth-order valence-electron chi connectivity index (χ4n) is 14.0. The number of carbonyl (C=O) groups excluding carboxylic acids is 1. The van der Waals surface area contributed by atoms with Gasteiger partial charge in [0.25, 0.3) is 11.1 Å². The monoisotopic (exact) mass is 1070 g/mol. The maximum Gasteiger partial charge on any atom is 0.405 e. The van der Waals surface area contributed by atoms with Gasteiger partial charge in [-0.3, -0.25) is 42.5 Å². The van der Waals surface area contributed by atoms with Crippen molar-refractivity contribution in [3.05, 3.63) is 86.1 Å². The number of nitrogens with one attached hydrogen (secondary N) is 5. The summed E-state index contributed by atoms with van der Waals surface area (Å²) in [6, 6.07) is -1.79. The number of hydrogen-bond acceptors (Lipinski definition) is 16. The Kier molecular flexibility index (Phi) is 17.7. The first kappa shape index (κ1) is 56.5. The van der Waals surface area contributed by atoms with E-state index in [0.29, 0.717) is 45.2 Å². The molecule has 1 amide bonds. The number of rotatable bonds is 21. The van der Waals surface area contributed by atoms with Crippen molar-refractivity contribution in [2.45, 2.75) is 160 Å². The molecular formula is C48H74N13O13P. The molecule has 2 aromatic heterocycles. The lowest BCUT2D eigenvalue weighted by Crippen LogP contribution is -2.62. The zero-order chi connectivity index (χ0) is 54.0. The van der Waals surface area contributed by atoms with Crippen molar-refractivity contribution in [1.29, 1.82) is 0 Å². The number of aliphatic hydroxyl groups excluding tert-OH is 3. The highest BCUT2D eigenvalue weighted by Crippen LogP contribution is 2.68. The number of H-pyrrole nitrogens is 2. The summed E-state index contributed by atoms with van der Waals surface area (Å²) < 4.78 is 40.7. The van der Waals surface area contributed by atoms with Gasteiger partial charge in [0.1, 0.15) is 12.5 Å². The lowest BCUT2D eigenvalue weighted by Gasteiger charge is -2.63. The van der Waals surface area contributed by atoms with Crippen LogP contribution >= 0.6 is 7.75 Å². The number of fused-ring (bicyclic) bond motifs is 5. The second kappa shape index (κ2) is 23.5. The van der Waals surface area contributed by atoms with Crippen molar-refractivity contribution in [3.8, 4) is 0 Å². The molecule has 6 aliphatic rings. The molecule has 3 unspecified atom stereocenters. The van der Waals surface area contributed by atoms with Crippen molar-refractivity contribution >= 4 is 13.7 Å². The number of nitrogens with zero attached hydrogens (tertiary/aromatic N) is 8. The number of aryl methyl sites for hydroxylation is 2. The maximum atomic E-state index is 14.5. The summed E-state index contributed by atoms with van der Waals surface area (Å²) in [6.07, 6.45) is 3.95. The van der Waals surface area contributed by atoms with Gasteiger partial charge in [0.2, 0.25) is 5.91 Å². The summed E-state index contributed by atoms with van der Waals surface area (Å²) in [5, 5.41) is 50.6. The van der Waals surface area contributed by atoms with E-state index >= 15 is 0 Å². The number of azide groups is 2. The number of amides is 1. The third kappa shape index (κ3) is 11.9. The van der Waals surface area contributed by atoms with Gasteiger partial charge in [-0.05, 0) is 123 Å². The fraction of sp³-hybridized carbons (Fsp3) is 0.812. The number of ether oxygens (including phenoxy) is 2. The molecule has 4 saturated carbocycles. The van der Waals surface area contributed by atoms with E-state index in [9.17, 15) is 54.9 Å². The van der Waals surface area contributed by atoms with E-state index in [1.165, 1.54) is 26.2 Å². The number of hydrogen-bond donors (Lipinski definition) is 8. The molecular weight excluding hydrogens is 998 g/mol. The van der Waals surface area contributed by atoms with E-state index in [1.54, 1.807) is 0 Å². The smallest absolute Gasteiger partial charge is 0.393 e. The van der Waals surface area contributed by atoms with Gasteiger partial charge in [0.15, 0.2) is 0 Å². The van der Waals surface area contributed by atoms with E-state index in [2.05, 4.69) is 66.5 Å². The topological polar surface area (TPSA) is 375 Å². The maximum absolute atomic E-state index is 14.5. The van der Waals surface area contributed by atoms with Crippen LogP contribution < -0.4 is 38.2 Å². The summed E-state index contributed by atoms with van der Waals surface area (Å²) in [7, 11) is -4.34.